The van der Waals surface area contributed by atoms with Crippen molar-refractivity contribution in [3.05, 3.63) is 58.1 Å². The van der Waals surface area contributed by atoms with Crippen LogP contribution in [0.1, 0.15) is 17.5 Å². The number of benzene rings is 2. The fourth-order valence-corrected chi connectivity index (χ4v) is 2.65. The number of carbonyl (C=O) groups excluding carboxylic acids is 1. The number of anilines is 1. The number of hydrogen-bond donors (Lipinski definition) is 1. The van der Waals surface area contributed by atoms with Gasteiger partial charge in [-0.05, 0) is 47.9 Å². The monoisotopic (exact) mass is 345 g/mol. The van der Waals surface area contributed by atoms with E-state index in [1.54, 1.807) is 0 Å². The Bertz CT molecular complexity index is 652. The van der Waals surface area contributed by atoms with Crippen LogP contribution in [0.4, 0.5) is 5.69 Å². The zero-order valence-corrected chi connectivity index (χ0v) is 13.2. The van der Waals surface area contributed by atoms with Crippen molar-refractivity contribution in [2.24, 2.45) is 0 Å². The average molecular weight is 346 g/mol. The smallest absolute Gasteiger partial charge is 0.224 e. The van der Waals surface area contributed by atoms with Gasteiger partial charge in [0, 0.05) is 23.0 Å². The predicted molar refractivity (Wildman–Crippen MR) is 86.7 cm³/mol. The molecule has 1 amide bonds. The number of fused-ring (bicyclic) bond motifs is 1. The minimum Gasteiger partial charge on any atom is -0.493 e. The first-order valence-electron chi connectivity index (χ1n) is 7.01. The molecule has 0 bridgehead atoms. The second kappa shape index (κ2) is 6.31. The Balaban J connectivity index is 1.58. The summed E-state index contributed by atoms with van der Waals surface area (Å²) in [6, 6.07) is 14.1. The lowest BCUT2D eigenvalue weighted by atomic mass is 10.0. The van der Waals surface area contributed by atoms with Crippen LogP contribution >= 0.6 is 15.9 Å². The highest BCUT2D eigenvalue weighted by Gasteiger charge is 2.14. The molecule has 1 aliphatic heterocycles. The van der Waals surface area contributed by atoms with Crippen LogP contribution in [0.5, 0.6) is 5.75 Å². The highest BCUT2D eigenvalue weighted by atomic mass is 79.9. The molecule has 0 aromatic heterocycles. The van der Waals surface area contributed by atoms with Crippen LogP contribution in [0.2, 0.25) is 0 Å². The molecule has 0 atom stereocenters. The molecule has 0 spiro atoms. The molecule has 4 heteroatoms. The van der Waals surface area contributed by atoms with Crippen molar-refractivity contribution in [1.82, 2.24) is 0 Å². The summed E-state index contributed by atoms with van der Waals surface area (Å²) in [5.41, 5.74) is 3.31. The predicted octanol–water partition coefficient (Wildman–Crippen LogP) is 3.96. The van der Waals surface area contributed by atoms with Crippen LogP contribution in [0.3, 0.4) is 0 Å². The van der Waals surface area contributed by atoms with Gasteiger partial charge >= 0.3 is 0 Å². The summed E-state index contributed by atoms with van der Waals surface area (Å²) in [5, 5.41) is 2.88. The van der Waals surface area contributed by atoms with E-state index >= 15 is 0 Å². The largest absolute Gasteiger partial charge is 0.493 e. The van der Waals surface area contributed by atoms with E-state index in [1.807, 2.05) is 30.3 Å². The van der Waals surface area contributed by atoms with Gasteiger partial charge in [-0.15, -0.1) is 0 Å². The molecule has 2 aromatic carbocycles. The molecule has 1 N–H and O–H groups in total. The summed E-state index contributed by atoms with van der Waals surface area (Å²) in [5.74, 6) is 0.952. The van der Waals surface area contributed by atoms with E-state index in [4.69, 9.17) is 4.74 Å². The van der Waals surface area contributed by atoms with Crippen molar-refractivity contribution in [1.29, 1.82) is 0 Å². The van der Waals surface area contributed by atoms with Crippen LogP contribution < -0.4 is 10.1 Å². The van der Waals surface area contributed by atoms with Gasteiger partial charge in [0.1, 0.15) is 5.75 Å². The van der Waals surface area contributed by atoms with Gasteiger partial charge in [0.2, 0.25) is 5.91 Å². The molecule has 0 fully saturated rings. The second-order valence-corrected chi connectivity index (χ2v) is 6.01. The zero-order valence-electron chi connectivity index (χ0n) is 11.6. The first-order chi connectivity index (χ1) is 10.2. The number of hydrogen-bond acceptors (Lipinski definition) is 2. The van der Waals surface area contributed by atoms with E-state index < -0.39 is 0 Å². The van der Waals surface area contributed by atoms with Crippen LogP contribution in [0, 0.1) is 0 Å². The summed E-state index contributed by atoms with van der Waals surface area (Å²) in [6.07, 6.45) is 2.21. The van der Waals surface area contributed by atoms with Gasteiger partial charge in [0.25, 0.3) is 0 Å². The number of aryl methyl sites for hydroxylation is 1. The number of carbonyl (C=O) groups is 1. The molecule has 1 heterocycles. The van der Waals surface area contributed by atoms with Gasteiger partial charge in [0.15, 0.2) is 0 Å². The van der Waals surface area contributed by atoms with Crippen molar-refractivity contribution in [3.63, 3.8) is 0 Å². The first-order valence-corrected chi connectivity index (χ1v) is 7.80. The zero-order chi connectivity index (χ0) is 14.7. The van der Waals surface area contributed by atoms with E-state index in [1.165, 1.54) is 5.56 Å². The van der Waals surface area contributed by atoms with Gasteiger partial charge in [-0.25, -0.2) is 0 Å². The first kappa shape index (κ1) is 14.1. The van der Waals surface area contributed by atoms with Crippen LogP contribution in [-0.2, 0) is 17.6 Å². The highest BCUT2D eigenvalue weighted by molar-refractivity contribution is 9.10. The summed E-state index contributed by atoms with van der Waals surface area (Å²) in [6.45, 7) is 0.646. The van der Waals surface area contributed by atoms with Gasteiger partial charge in [-0.1, -0.05) is 28.1 Å². The van der Waals surface area contributed by atoms with Crippen molar-refractivity contribution in [2.45, 2.75) is 19.3 Å². The summed E-state index contributed by atoms with van der Waals surface area (Å²) >= 11 is 3.43. The molecule has 0 saturated carbocycles. The molecule has 3 nitrogen and oxygen atoms in total. The van der Waals surface area contributed by atoms with Gasteiger partial charge < -0.3 is 10.1 Å². The molecule has 108 valence electrons. The molecule has 1 aliphatic rings. The number of rotatable bonds is 4. The normalized spacial score (nSPS) is 13.5. The molecule has 0 aliphatic carbocycles. The third-order valence-corrected chi connectivity index (χ3v) is 4.07. The molecule has 3 rings (SSSR count). The van der Waals surface area contributed by atoms with E-state index in [0.717, 1.165) is 34.3 Å². The molecule has 0 saturated heterocycles. The molecular weight excluding hydrogens is 330 g/mol. The number of halogens is 1. The fourth-order valence-electron chi connectivity index (χ4n) is 2.39. The van der Waals surface area contributed by atoms with E-state index in [2.05, 4.69) is 33.4 Å². The molecule has 21 heavy (non-hydrogen) atoms. The summed E-state index contributed by atoms with van der Waals surface area (Å²) < 4.78 is 6.90. The quantitative estimate of drug-likeness (QED) is 0.910. The Labute approximate surface area is 132 Å². The lowest BCUT2D eigenvalue weighted by Crippen LogP contribution is -2.18. The average Bonchev–Trinajstić information content (AvgIpc) is 2.49. The van der Waals surface area contributed by atoms with Crippen LogP contribution in [0.25, 0.3) is 0 Å². The number of ether oxygens (including phenoxy) is 1. The third kappa shape index (κ3) is 3.64. The van der Waals surface area contributed by atoms with E-state index in [9.17, 15) is 4.79 Å². The Morgan fingerprint density at radius 2 is 1.90 bits per heavy atom. The lowest BCUT2D eigenvalue weighted by Gasteiger charge is -2.17. The summed E-state index contributed by atoms with van der Waals surface area (Å²) in [4.78, 5) is 11.3. The van der Waals surface area contributed by atoms with Crippen molar-refractivity contribution < 1.29 is 9.53 Å². The van der Waals surface area contributed by atoms with Crippen molar-refractivity contribution in [3.8, 4) is 5.75 Å². The van der Waals surface area contributed by atoms with Crippen molar-refractivity contribution in [2.75, 3.05) is 11.9 Å². The Morgan fingerprint density at radius 1 is 1.10 bits per heavy atom. The van der Waals surface area contributed by atoms with Gasteiger partial charge in [-0.2, -0.15) is 0 Å². The van der Waals surface area contributed by atoms with Gasteiger partial charge in [-0.3, -0.25) is 4.79 Å². The molecular formula is C17H16BrNO2. The standard InChI is InChI=1S/C17H16BrNO2/c18-14-4-1-12(2-5-14)9-10-21-15-6-7-16-13(11-15)3-8-17(20)19-16/h1-2,4-7,11H,3,8-10H2,(H,19,20). The third-order valence-electron chi connectivity index (χ3n) is 3.54. The minimum absolute atomic E-state index is 0.0893. The molecule has 2 aromatic rings. The molecule has 0 radical (unpaired) electrons. The Kier molecular flexibility index (Phi) is 4.25. The maximum Gasteiger partial charge on any atom is 0.224 e. The van der Waals surface area contributed by atoms with Gasteiger partial charge in [0.05, 0.1) is 6.61 Å². The SMILES string of the molecule is O=C1CCc2cc(OCCc3ccc(Br)cc3)ccc2N1. The maximum atomic E-state index is 11.3. The Morgan fingerprint density at radius 3 is 2.71 bits per heavy atom. The fraction of sp³-hybridized carbons (Fsp3) is 0.235. The number of nitrogens with one attached hydrogen (secondary N) is 1. The molecule has 0 unspecified atom stereocenters. The lowest BCUT2D eigenvalue weighted by molar-refractivity contribution is -0.116. The van der Waals surface area contributed by atoms with E-state index in [-0.39, 0.29) is 5.91 Å². The van der Waals surface area contributed by atoms with Crippen molar-refractivity contribution >= 4 is 27.5 Å². The highest BCUT2D eigenvalue weighted by Crippen LogP contribution is 2.26. The number of amides is 1. The van der Waals surface area contributed by atoms with Crippen LogP contribution in [-0.4, -0.2) is 12.5 Å². The second-order valence-electron chi connectivity index (χ2n) is 5.09. The van der Waals surface area contributed by atoms with Crippen LogP contribution in [0.15, 0.2) is 46.9 Å². The van der Waals surface area contributed by atoms with E-state index in [0.29, 0.717) is 13.0 Å². The maximum absolute atomic E-state index is 11.3. The summed E-state index contributed by atoms with van der Waals surface area (Å²) in [7, 11) is 0. The minimum atomic E-state index is 0.0893. The Hall–Kier alpha value is -1.81. The topological polar surface area (TPSA) is 38.3 Å².